The van der Waals surface area contributed by atoms with Crippen LogP contribution in [0.1, 0.15) is 11.3 Å². The van der Waals surface area contributed by atoms with Crippen LogP contribution in [0.15, 0.2) is 34.8 Å². The van der Waals surface area contributed by atoms with Crippen LogP contribution in [0.5, 0.6) is 11.6 Å². The van der Waals surface area contributed by atoms with Crippen LogP contribution in [0, 0.1) is 6.92 Å². The van der Waals surface area contributed by atoms with Gasteiger partial charge in [0, 0.05) is 17.1 Å². The van der Waals surface area contributed by atoms with Gasteiger partial charge < -0.3 is 10.1 Å². The lowest BCUT2D eigenvalue weighted by Gasteiger charge is -2.07. The summed E-state index contributed by atoms with van der Waals surface area (Å²) in [6, 6.07) is 9.56. The third-order valence-electron chi connectivity index (χ3n) is 2.40. The van der Waals surface area contributed by atoms with Gasteiger partial charge in [0.15, 0.2) is 0 Å². The molecule has 2 aromatic rings. The molecule has 0 saturated carbocycles. The summed E-state index contributed by atoms with van der Waals surface area (Å²) < 4.78 is 6.71. The summed E-state index contributed by atoms with van der Waals surface area (Å²) in [6.07, 6.45) is 0. The van der Waals surface area contributed by atoms with Crippen molar-refractivity contribution in [1.82, 2.24) is 15.5 Å². The van der Waals surface area contributed by atoms with Gasteiger partial charge >= 0.3 is 0 Å². The molecule has 0 atom stereocenters. The SMILES string of the molecule is CNCc1ccc(Oc2ccc(Br)cc2C)nn1. The Kier molecular flexibility index (Phi) is 4.28. The number of hydrogen-bond acceptors (Lipinski definition) is 4. The van der Waals surface area contributed by atoms with Gasteiger partial charge in [-0.3, -0.25) is 0 Å². The molecule has 1 N–H and O–H groups in total. The summed E-state index contributed by atoms with van der Waals surface area (Å²) in [5, 5.41) is 11.1. The highest BCUT2D eigenvalue weighted by Crippen LogP contribution is 2.25. The van der Waals surface area contributed by atoms with E-state index < -0.39 is 0 Å². The molecule has 0 spiro atoms. The second kappa shape index (κ2) is 5.93. The van der Waals surface area contributed by atoms with Crippen molar-refractivity contribution in [3.8, 4) is 11.6 Å². The van der Waals surface area contributed by atoms with Crippen LogP contribution in [0.25, 0.3) is 0 Å². The molecule has 0 amide bonds. The third-order valence-corrected chi connectivity index (χ3v) is 2.90. The van der Waals surface area contributed by atoms with Gasteiger partial charge in [0.05, 0.1) is 5.69 Å². The average molecular weight is 308 g/mol. The molecular formula is C13H14BrN3O. The Morgan fingerprint density at radius 3 is 2.67 bits per heavy atom. The number of benzene rings is 1. The van der Waals surface area contributed by atoms with Gasteiger partial charge in [0.1, 0.15) is 5.75 Å². The lowest BCUT2D eigenvalue weighted by atomic mass is 10.2. The molecule has 18 heavy (non-hydrogen) atoms. The van der Waals surface area contributed by atoms with Crippen molar-refractivity contribution in [3.63, 3.8) is 0 Å². The Bertz CT molecular complexity index is 528. The molecule has 0 aliphatic carbocycles. The molecule has 0 fully saturated rings. The molecule has 1 aromatic heterocycles. The topological polar surface area (TPSA) is 47.0 Å². The van der Waals surface area contributed by atoms with Gasteiger partial charge in [-0.15, -0.1) is 5.10 Å². The minimum Gasteiger partial charge on any atom is -0.437 e. The molecule has 1 heterocycles. The van der Waals surface area contributed by atoms with E-state index in [9.17, 15) is 0 Å². The summed E-state index contributed by atoms with van der Waals surface area (Å²) in [6.45, 7) is 2.69. The first-order valence-electron chi connectivity index (χ1n) is 5.60. The van der Waals surface area contributed by atoms with Crippen molar-refractivity contribution in [1.29, 1.82) is 0 Å². The molecule has 0 unspecified atom stereocenters. The second-order valence-electron chi connectivity index (χ2n) is 3.91. The zero-order chi connectivity index (χ0) is 13.0. The molecule has 4 nitrogen and oxygen atoms in total. The quantitative estimate of drug-likeness (QED) is 0.943. The Labute approximate surface area is 115 Å². The van der Waals surface area contributed by atoms with Gasteiger partial charge in [0.2, 0.25) is 5.88 Å². The molecule has 94 valence electrons. The lowest BCUT2D eigenvalue weighted by Crippen LogP contribution is -2.07. The molecular weight excluding hydrogens is 294 g/mol. The van der Waals surface area contributed by atoms with E-state index in [2.05, 4.69) is 31.4 Å². The zero-order valence-corrected chi connectivity index (χ0v) is 11.9. The molecule has 5 heteroatoms. The van der Waals surface area contributed by atoms with Crippen molar-refractivity contribution >= 4 is 15.9 Å². The van der Waals surface area contributed by atoms with Crippen molar-refractivity contribution in [2.75, 3.05) is 7.05 Å². The van der Waals surface area contributed by atoms with Gasteiger partial charge in [-0.2, -0.15) is 5.10 Å². The molecule has 0 saturated heterocycles. The highest BCUT2D eigenvalue weighted by molar-refractivity contribution is 9.10. The van der Waals surface area contributed by atoms with Crippen LogP contribution >= 0.6 is 15.9 Å². The Morgan fingerprint density at radius 1 is 1.22 bits per heavy atom. The molecule has 0 aliphatic heterocycles. The van der Waals surface area contributed by atoms with E-state index in [0.29, 0.717) is 12.4 Å². The second-order valence-corrected chi connectivity index (χ2v) is 4.82. The van der Waals surface area contributed by atoms with Gasteiger partial charge in [0.25, 0.3) is 0 Å². The van der Waals surface area contributed by atoms with Gasteiger partial charge in [-0.05, 0) is 43.8 Å². The summed E-state index contributed by atoms with van der Waals surface area (Å²) in [5.74, 6) is 1.29. The Balaban J connectivity index is 2.13. The first kappa shape index (κ1) is 13.0. The first-order valence-corrected chi connectivity index (χ1v) is 6.39. The fourth-order valence-electron chi connectivity index (χ4n) is 1.52. The van der Waals surface area contributed by atoms with E-state index in [4.69, 9.17) is 4.74 Å². The molecule has 1 aromatic carbocycles. The van der Waals surface area contributed by atoms with Crippen molar-refractivity contribution < 1.29 is 4.74 Å². The highest BCUT2D eigenvalue weighted by Gasteiger charge is 2.04. The maximum absolute atomic E-state index is 5.68. The van der Waals surface area contributed by atoms with E-state index in [1.807, 2.05) is 44.3 Å². The number of rotatable bonds is 4. The number of aryl methyl sites for hydroxylation is 1. The van der Waals surface area contributed by atoms with Crippen LogP contribution in [0.3, 0.4) is 0 Å². The Morgan fingerprint density at radius 2 is 2.06 bits per heavy atom. The number of nitrogens with one attached hydrogen (secondary N) is 1. The van der Waals surface area contributed by atoms with Crippen LogP contribution in [-0.2, 0) is 6.54 Å². The largest absolute Gasteiger partial charge is 0.437 e. The minimum absolute atomic E-state index is 0.500. The first-order chi connectivity index (χ1) is 8.69. The molecule has 2 rings (SSSR count). The smallest absolute Gasteiger partial charge is 0.238 e. The normalized spacial score (nSPS) is 10.4. The van der Waals surface area contributed by atoms with Gasteiger partial charge in [-0.25, -0.2) is 0 Å². The highest BCUT2D eigenvalue weighted by atomic mass is 79.9. The van der Waals surface area contributed by atoms with Crippen LogP contribution in [0.4, 0.5) is 0 Å². The lowest BCUT2D eigenvalue weighted by molar-refractivity contribution is 0.450. The molecule has 0 aliphatic rings. The standard InChI is InChI=1S/C13H14BrN3O/c1-9-7-10(14)3-5-12(9)18-13-6-4-11(8-15-2)16-17-13/h3-7,15H,8H2,1-2H3. The maximum Gasteiger partial charge on any atom is 0.238 e. The van der Waals surface area contributed by atoms with E-state index in [0.717, 1.165) is 21.5 Å². The monoisotopic (exact) mass is 307 g/mol. The van der Waals surface area contributed by atoms with Crippen LogP contribution in [0.2, 0.25) is 0 Å². The van der Waals surface area contributed by atoms with Gasteiger partial charge in [-0.1, -0.05) is 15.9 Å². The summed E-state index contributed by atoms with van der Waals surface area (Å²) in [4.78, 5) is 0. The predicted molar refractivity (Wildman–Crippen MR) is 73.7 cm³/mol. The van der Waals surface area contributed by atoms with Crippen LogP contribution < -0.4 is 10.1 Å². The predicted octanol–water partition coefficient (Wildman–Crippen LogP) is 3.06. The number of halogens is 1. The maximum atomic E-state index is 5.68. The fraction of sp³-hybridized carbons (Fsp3) is 0.231. The zero-order valence-electron chi connectivity index (χ0n) is 10.3. The van der Waals surface area contributed by atoms with E-state index >= 15 is 0 Å². The molecule has 0 radical (unpaired) electrons. The number of nitrogens with zero attached hydrogens (tertiary/aromatic N) is 2. The summed E-state index contributed by atoms with van der Waals surface area (Å²) in [7, 11) is 1.87. The van der Waals surface area contributed by atoms with Crippen LogP contribution in [-0.4, -0.2) is 17.2 Å². The minimum atomic E-state index is 0.500. The van der Waals surface area contributed by atoms with E-state index in [1.54, 1.807) is 0 Å². The Hall–Kier alpha value is -1.46. The summed E-state index contributed by atoms with van der Waals surface area (Å²) in [5.41, 5.74) is 1.93. The average Bonchev–Trinajstić information content (AvgIpc) is 2.35. The molecule has 0 bridgehead atoms. The van der Waals surface area contributed by atoms with Crippen molar-refractivity contribution in [2.45, 2.75) is 13.5 Å². The van der Waals surface area contributed by atoms with E-state index in [-0.39, 0.29) is 0 Å². The van der Waals surface area contributed by atoms with E-state index in [1.165, 1.54) is 0 Å². The fourth-order valence-corrected chi connectivity index (χ4v) is 1.99. The summed E-state index contributed by atoms with van der Waals surface area (Å²) >= 11 is 3.42. The number of aromatic nitrogens is 2. The van der Waals surface area contributed by atoms with Crippen molar-refractivity contribution in [2.24, 2.45) is 0 Å². The van der Waals surface area contributed by atoms with Crippen molar-refractivity contribution in [3.05, 3.63) is 46.1 Å². The third kappa shape index (κ3) is 3.27. The number of hydrogen-bond donors (Lipinski definition) is 1. The number of ether oxygens (including phenoxy) is 1.